The van der Waals surface area contributed by atoms with Crippen LogP contribution in [0.4, 0.5) is 4.79 Å². The van der Waals surface area contributed by atoms with Crippen molar-refractivity contribution in [3.8, 4) is 0 Å². The zero-order valence-corrected chi connectivity index (χ0v) is 13.9. The first-order chi connectivity index (χ1) is 12.0. The highest BCUT2D eigenvalue weighted by molar-refractivity contribution is 6.10. The van der Waals surface area contributed by atoms with Crippen molar-refractivity contribution in [2.75, 3.05) is 6.54 Å². The lowest BCUT2D eigenvalue weighted by molar-refractivity contribution is -0.134. The third-order valence-electron chi connectivity index (χ3n) is 4.85. The Kier molecular flexibility index (Phi) is 3.49. The third kappa shape index (κ3) is 2.63. The molecule has 0 radical (unpaired) electrons. The van der Waals surface area contributed by atoms with Gasteiger partial charge in [0.15, 0.2) is 0 Å². The normalized spacial score (nSPS) is 23.0. The monoisotopic (exact) mass is 337 g/mol. The average Bonchev–Trinajstić information content (AvgIpc) is 3.38. The van der Waals surface area contributed by atoms with Crippen LogP contribution < -0.4 is 10.6 Å². The molecule has 6 heteroatoms. The Balaban J connectivity index is 1.66. The number of hydrogen-bond acceptors (Lipinski definition) is 3. The number of nitrogens with one attached hydrogen (secondary N) is 2. The minimum absolute atomic E-state index is 0.192. The summed E-state index contributed by atoms with van der Waals surface area (Å²) >= 11 is 0. The van der Waals surface area contributed by atoms with E-state index in [9.17, 15) is 14.4 Å². The number of benzene rings is 2. The van der Waals surface area contributed by atoms with E-state index in [1.54, 1.807) is 6.92 Å². The SMILES string of the molecule is C[C@]1(c2cccc3ccccc23)NC(=O)N(CC(=O)NC2CC2)C1=O. The fraction of sp³-hybridized carbons (Fsp3) is 0.316. The molecule has 4 amide bonds. The Bertz CT molecular complexity index is 885. The first kappa shape index (κ1) is 15.6. The van der Waals surface area contributed by atoms with Crippen LogP contribution in [0, 0.1) is 0 Å². The number of carbonyl (C=O) groups is 3. The lowest BCUT2D eigenvalue weighted by atomic mass is 9.88. The summed E-state index contributed by atoms with van der Waals surface area (Å²) in [6, 6.07) is 13.0. The predicted molar refractivity (Wildman–Crippen MR) is 92.7 cm³/mol. The molecule has 0 aromatic heterocycles. The molecule has 2 aromatic rings. The van der Waals surface area contributed by atoms with Crippen LogP contribution in [0.25, 0.3) is 10.8 Å². The summed E-state index contributed by atoms with van der Waals surface area (Å²) < 4.78 is 0. The molecule has 128 valence electrons. The van der Waals surface area contributed by atoms with Crippen LogP contribution in [-0.2, 0) is 15.1 Å². The van der Waals surface area contributed by atoms with Gasteiger partial charge in [-0.2, -0.15) is 0 Å². The second-order valence-electron chi connectivity index (χ2n) is 6.81. The molecule has 2 aromatic carbocycles. The van der Waals surface area contributed by atoms with Gasteiger partial charge < -0.3 is 10.6 Å². The molecule has 1 saturated heterocycles. The molecule has 2 aliphatic rings. The maximum absolute atomic E-state index is 13.0. The van der Waals surface area contributed by atoms with Gasteiger partial charge in [0.05, 0.1) is 0 Å². The number of carbonyl (C=O) groups excluding carboxylic acids is 3. The summed E-state index contributed by atoms with van der Waals surface area (Å²) in [7, 11) is 0. The van der Waals surface area contributed by atoms with Crippen molar-refractivity contribution < 1.29 is 14.4 Å². The van der Waals surface area contributed by atoms with Gasteiger partial charge in [0.25, 0.3) is 5.91 Å². The number of imide groups is 1. The molecule has 25 heavy (non-hydrogen) atoms. The Morgan fingerprint density at radius 1 is 1.20 bits per heavy atom. The number of hydrogen-bond donors (Lipinski definition) is 2. The van der Waals surface area contributed by atoms with Crippen LogP contribution in [0.5, 0.6) is 0 Å². The fourth-order valence-corrected chi connectivity index (χ4v) is 3.33. The molecule has 1 aliphatic carbocycles. The number of nitrogens with zero attached hydrogens (tertiary/aromatic N) is 1. The van der Waals surface area contributed by atoms with Gasteiger partial charge >= 0.3 is 6.03 Å². The minimum Gasteiger partial charge on any atom is -0.352 e. The second kappa shape index (κ2) is 5.58. The highest BCUT2D eigenvalue weighted by atomic mass is 16.2. The predicted octanol–water partition coefficient (Wildman–Crippen LogP) is 1.89. The zero-order valence-electron chi connectivity index (χ0n) is 13.9. The molecular weight excluding hydrogens is 318 g/mol. The molecule has 0 unspecified atom stereocenters. The van der Waals surface area contributed by atoms with Gasteiger partial charge in [0.2, 0.25) is 5.91 Å². The number of rotatable bonds is 4. The highest BCUT2D eigenvalue weighted by Gasteiger charge is 2.50. The van der Waals surface area contributed by atoms with Gasteiger partial charge in [-0.05, 0) is 36.1 Å². The summed E-state index contributed by atoms with van der Waals surface area (Å²) in [4.78, 5) is 38.4. The molecule has 1 heterocycles. The highest BCUT2D eigenvalue weighted by Crippen LogP contribution is 2.33. The van der Waals surface area contributed by atoms with E-state index in [-0.39, 0.29) is 18.5 Å². The van der Waals surface area contributed by atoms with Crippen LogP contribution >= 0.6 is 0 Å². The van der Waals surface area contributed by atoms with Crippen molar-refractivity contribution in [2.24, 2.45) is 0 Å². The quantitative estimate of drug-likeness (QED) is 0.836. The van der Waals surface area contributed by atoms with Gasteiger partial charge in [-0.1, -0.05) is 42.5 Å². The standard InChI is InChI=1S/C19H19N3O3/c1-19(15-8-4-6-12-5-2-3-7-14(12)15)17(24)22(18(25)21-19)11-16(23)20-13-9-10-13/h2-8,13H,9-11H2,1H3,(H,20,23)(H,21,25)/t19-/m1/s1. The molecule has 6 nitrogen and oxygen atoms in total. The summed E-state index contributed by atoms with van der Waals surface area (Å²) in [5, 5.41) is 7.48. The minimum atomic E-state index is -1.18. The van der Waals surface area contributed by atoms with E-state index in [1.807, 2.05) is 42.5 Å². The van der Waals surface area contributed by atoms with Gasteiger partial charge in [0.1, 0.15) is 12.1 Å². The molecule has 4 rings (SSSR count). The smallest absolute Gasteiger partial charge is 0.325 e. The van der Waals surface area contributed by atoms with E-state index in [1.165, 1.54) is 0 Å². The van der Waals surface area contributed by atoms with Crippen LogP contribution in [0.15, 0.2) is 42.5 Å². The lowest BCUT2D eigenvalue weighted by Crippen LogP contribution is -2.43. The van der Waals surface area contributed by atoms with E-state index in [0.29, 0.717) is 0 Å². The second-order valence-corrected chi connectivity index (χ2v) is 6.81. The molecule has 2 N–H and O–H groups in total. The number of fused-ring (bicyclic) bond motifs is 1. The van der Waals surface area contributed by atoms with E-state index in [4.69, 9.17) is 0 Å². The lowest BCUT2D eigenvalue weighted by Gasteiger charge is -2.24. The van der Waals surface area contributed by atoms with Crippen molar-refractivity contribution >= 4 is 28.6 Å². The first-order valence-electron chi connectivity index (χ1n) is 8.41. The molecule has 1 atom stereocenters. The van der Waals surface area contributed by atoms with E-state index in [2.05, 4.69) is 10.6 Å². The molecule has 1 aliphatic heterocycles. The molecule has 0 bridgehead atoms. The Labute approximate surface area is 145 Å². The Morgan fingerprint density at radius 2 is 1.92 bits per heavy atom. The topological polar surface area (TPSA) is 78.5 Å². The Hall–Kier alpha value is -2.89. The van der Waals surface area contributed by atoms with Crippen LogP contribution in [0.1, 0.15) is 25.3 Å². The molecule has 2 fully saturated rings. The van der Waals surface area contributed by atoms with Crippen LogP contribution in [0.3, 0.4) is 0 Å². The van der Waals surface area contributed by atoms with E-state index < -0.39 is 17.5 Å². The molecule has 0 spiro atoms. The largest absolute Gasteiger partial charge is 0.352 e. The zero-order chi connectivity index (χ0) is 17.6. The number of urea groups is 1. The van der Waals surface area contributed by atoms with Crippen molar-refractivity contribution in [2.45, 2.75) is 31.3 Å². The summed E-state index contributed by atoms with van der Waals surface area (Å²) in [5.74, 6) is -0.701. The van der Waals surface area contributed by atoms with E-state index >= 15 is 0 Å². The maximum atomic E-state index is 13.0. The fourth-order valence-electron chi connectivity index (χ4n) is 3.33. The first-order valence-corrected chi connectivity index (χ1v) is 8.41. The molecule has 1 saturated carbocycles. The summed E-state index contributed by atoms with van der Waals surface area (Å²) in [5.41, 5.74) is -0.452. The number of amides is 4. The van der Waals surface area contributed by atoms with Gasteiger partial charge in [-0.25, -0.2) is 4.79 Å². The van der Waals surface area contributed by atoms with Crippen molar-refractivity contribution in [3.05, 3.63) is 48.0 Å². The van der Waals surface area contributed by atoms with Gasteiger partial charge in [-0.15, -0.1) is 0 Å². The van der Waals surface area contributed by atoms with Gasteiger partial charge in [-0.3, -0.25) is 14.5 Å². The van der Waals surface area contributed by atoms with Gasteiger partial charge in [0, 0.05) is 6.04 Å². The summed E-state index contributed by atoms with van der Waals surface area (Å²) in [6.45, 7) is 1.44. The average molecular weight is 337 g/mol. The van der Waals surface area contributed by atoms with Crippen molar-refractivity contribution in [3.63, 3.8) is 0 Å². The summed E-state index contributed by atoms with van der Waals surface area (Å²) in [6.07, 6.45) is 1.92. The van der Waals surface area contributed by atoms with Crippen LogP contribution in [0.2, 0.25) is 0 Å². The maximum Gasteiger partial charge on any atom is 0.325 e. The molecular formula is C19H19N3O3. The third-order valence-corrected chi connectivity index (χ3v) is 4.85. The van der Waals surface area contributed by atoms with Crippen LogP contribution in [-0.4, -0.2) is 35.3 Å². The van der Waals surface area contributed by atoms with Crippen molar-refractivity contribution in [1.82, 2.24) is 15.5 Å². The van der Waals surface area contributed by atoms with Crippen molar-refractivity contribution in [1.29, 1.82) is 0 Å². The Morgan fingerprint density at radius 3 is 2.68 bits per heavy atom. The van der Waals surface area contributed by atoms with E-state index in [0.717, 1.165) is 34.1 Å².